The number of ether oxygens (including phenoxy) is 2. The van der Waals surface area contributed by atoms with E-state index in [0.29, 0.717) is 17.5 Å². The summed E-state index contributed by atoms with van der Waals surface area (Å²) in [6.45, 7) is 2.05. The zero-order chi connectivity index (χ0) is 23.5. The van der Waals surface area contributed by atoms with Crippen molar-refractivity contribution in [1.29, 1.82) is 0 Å². The minimum Gasteiger partial charge on any atom is -0.497 e. The Balaban J connectivity index is 1.50. The highest BCUT2D eigenvalue weighted by Gasteiger charge is 2.49. The second-order valence-electron chi connectivity index (χ2n) is 8.00. The number of benzene rings is 2. The van der Waals surface area contributed by atoms with Crippen molar-refractivity contribution in [2.45, 2.75) is 25.2 Å². The van der Waals surface area contributed by atoms with Gasteiger partial charge in [0.25, 0.3) is 5.91 Å². The van der Waals surface area contributed by atoms with E-state index in [1.165, 1.54) is 4.90 Å². The van der Waals surface area contributed by atoms with Gasteiger partial charge in [-0.2, -0.15) is 0 Å². The number of amides is 3. The van der Waals surface area contributed by atoms with Crippen molar-refractivity contribution >= 4 is 23.6 Å². The van der Waals surface area contributed by atoms with Crippen LogP contribution in [0.1, 0.15) is 5.56 Å². The van der Waals surface area contributed by atoms with Crippen LogP contribution in [0.3, 0.4) is 0 Å². The van der Waals surface area contributed by atoms with Crippen LogP contribution in [0.2, 0.25) is 0 Å². The molecule has 3 N–H and O–H groups in total. The van der Waals surface area contributed by atoms with Crippen LogP contribution in [0.25, 0.3) is 0 Å². The Bertz CT molecular complexity index is 1060. The number of β-amino-alcohol motifs (C(OH)–C–C–N with tert-alkyl or cyclic N) is 1. The summed E-state index contributed by atoms with van der Waals surface area (Å²) in [5, 5.41) is 16.3. The number of nitrogens with one attached hydrogen (secondary N) is 2. The van der Waals surface area contributed by atoms with Gasteiger partial charge in [-0.1, -0.05) is 12.1 Å². The molecular weight excluding hydrogens is 426 g/mol. The molecule has 3 atom stereocenters. The molecule has 0 spiro atoms. The van der Waals surface area contributed by atoms with Crippen LogP contribution in [0, 0.1) is 6.92 Å². The molecule has 4 rings (SSSR count). The molecule has 0 saturated carbocycles. The number of aliphatic imine (C=N–C) groups is 1. The Morgan fingerprint density at radius 3 is 2.61 bits per heavy atom. The lowest BCUT2D eigenvalue weighted by Gasteiger charge is -2.36. The highest BCUT2D eigenvalue weighted by atomic mass is 16.5. The fraction of sp³-hybridized carbons (Fsp3) is 0.348. The molecule has 3 amide bonds. The van der Waals surface area contributed by atoms with Crippen LogP contribution in [0.5, 0.6) is 11.5 Å². The Morgan fingerprint density at radius 2 is 1.91 bits per heavy atom. The minimum atomic E-state index is -0.925. The van der Waals surface area contributed by atoms with Crippen molar-refractivity contribution in [3.05, 3.63) is 54.1 Å². The number of imide groups is 1. The average Bonchev–Trinajstić information content (AvgIpc) is 3.15. The monoisotopic (exact) mass is 453 g/mol. The fourth-order valence-corrected chi connectivity index (χ4v) is 3.83. The number of carbonyl (C=O) groups excluding carboxylic acids is 2. The van der Waals surface area contributed by atoms with E-state index in [1.807, 2.05) is 31.2 Å². The van der Waals surface area contributed by atoms with E-state index in [-0.39, 0.29) is 13.2 Å². The third-order valence-corrected chi connectivity index (χ3v) is 5.54. The topological polar surface area (TPSA) is 116 Å². The van der Waals surface area contributed by atoms with Gasteiger partial charge in [0.15, 0.2) is 12.2 Å². The molecule has 10 heteroatoms. The summed E-state index contributed by atoms with van der Waals surface area (Å²) in [4.78, 5) is 32.4. The quantitative estimate of drug-likeness (QED) is 0.580. The zero-order valence-corrected chi connectivity index (χ0v) is 18.7. The maximum atomic E-state index is 12.7. The highest BCUT2D eigenvalue weighted by Crippen LogP contribution is 2.26. The first-order chi connectivity index (χ1) is 15.9. The molecule has 3 unspecified atom stereocenters. The van der Waals surface area contributed by atoms with Crippen LogP contribution >= 0.6 is 0 Å². The molecule has 0 aliphatic carbocycles. The lowest BCUT2D eigenvalue weighted by molar-refractivity contribution is -0.127. The highest BCUT2D eigenvalue weighted by molar-refractivity contribution is 6.06. The number of aliphatic hydroxyl groups excluding tert-OH is 1. The van der Waals surface area contributed by atoms with Gasteiger partial charge in [-0.3, -0.25) is 10.1 Å². The lowest BCUT2D eigenvalue weighted by atomic mass is 10.1. The van der Waals surface area contributed by atoms with Gasteiger partial charge in [-0.15, -0.1) is 0 Å². The van der Waals surface area contributed by atoms with Crippen LogP contribution in [-0.2, 0) is 4.79 Å². The van der Waals surface area contributed by atoms with Crippen molar-refractivity contribution in [1.82, 2.24) is 15.1 Å². The zero-order valence-electron chi connectivity index (χ0n) is 18.7. The summed E-state index contributed by atoms with van der Waals surface area (Å²) in [6.07, 6.45) is -1.63. The molecule has 174 valence electrons. The molecule has 10 nitrogen and oxygen atoms in total. The predicted octanol–water partition coefficient (Wildman–Crippen LogP) is 1.40. The molecule has 2 aromatic carbocycles. The van der Waals surface area contributed by atoms with Gasteiger partial charge in [0.2, 0.25) is 5.96 Å². The smallest absolute Gasteiger partial charge is 0.325 e. The predicted molar refractivity (Wildman–Crippen MR) is 122 cm³/mol. The molecular formula is C23H27N5O5. The second-order valence-corrected chi connectivity index (χ2v) is 8.00. The van der Waals surface area contributed by atoms with E-state index in [0.717, 1.165) is 11.3 Å². The summed E-state index contributed by atoms with van der Waals surface area (Å²) >= 11 is 0. The normalized spacial score (nSPS) is 20.7. The largest absolute Gasteiger partial charge is 0.497 e. The minimum absolute atomic E-state index is 0.00826. The number of nitrogens with zero attached hydrogens (tertiary/aromatic N) is 3. The molecule has 0 radical (unpaired) electrons. The molecule has 2 aliphatic heterocycles. The Morgan fingerprint density at radius 1 is 1.18 bits per heavy atom. The number of carbonyl (C=O) groups is 2. The molecule has 0 aromatic heterocycles. The number of hydrogen-bond acceptors (Lipinski definition) is 8. The number of methoxy groups -OCH3 is 1. The van der Waals surface area contributed by atoms with Gasteiger partial charge in [-0.25, -0.2) is 9.79 Å². The van der Waals surface area contributed by atoms with Gasteiger partial charge in [0.1, 0.15) is 24.2 Å². The summed E-state index contributed by atoms with van der Waals surface area (Å²) in [5.74, 6) is 1.23. The summed E-state index contributed by atoms with van der Waals surface area (Å²) in [6, 6.07) is 13.5. The van der Waals surface area contributed by atoms with E-state index >= 15 is 0 Å². The number of guanidine groups is 1. The molecule has 1 saturated heterocycles. The maximum absolute atomic E-state index is 12.7. The first kappa shape index (κ1) is 22.4. The number of likely N-dealkylation sites (N-methyl/N-ethyl adjacent to an activating group) is 1. The van der Waals surface area contributed by atoms with Crippen LogP contribution in [0.15, 0.2) is 53.5 Å². The lowest BCUT2D eigenvalue weighted by Crippen LogP contribution is -2.64. The Labute approximate surface area is 191 Å². The molecule has 0 bridgehead atoms. The van der Waals surface area contributed by atoms with Gasteiger partial charge in [0, 0.05) is 12.7 Å². The number of urea groups is 1. The van der Waals surface area contributed by atoms with Crippen LogP contribution < -0.4 is 20.1 Å². The average molecular weight is 453 g/mol. The van der Waals surface area contributed by atoms with E-state index in [2.05, 4.69) is 15.6 Å². The van der Waals surface area contributed by atoms with Crippen molar-refractivity contribution in [2.24, 2.45) is 4.99 Å². The molecule has 2 aromatic rings. The second kappa shape index (κ2) is 9.37. The van der Waals surface area contributed by atoms with E-state index < -0.39 is 30.2 Å². The summed E-state index contributed by atoms with van der Waals surface area (Å²) < 4.78 is 10.8. The first-order valence-corrected chi connectivity index (χ1v) is 10.6. The van der Waals surface area contributed by atoms with Gasteiger partial charge in [0.05, 0.1) is 13.7 Å². The summed E-state index contributed by atoms with van der Waals surface area (Å²) in [7, 11) is 3.17. The number of fused-ring (bicyclic) bond motifs is 1. The van der Waals surface area contributed by atoms with Crippen molar-refractivity contribution in [3.63, 3.8) is 0 Å². The number of rotatable bonds is 7. The third-order valence-electron chi connectivity index (χ3n) is 5.54. The van der Waals surface area contributed by atoms with Crippen LogP contribution in [-0.4, -0.2) is 78.4 Å². The number of aryl methyl sites for hydroxylation is 1. The molecule has 33 heavy (non-hydrogen) atoms. The maximum Gasteiger partial charge on any atom is 0.325 e. The molecule has 2 heterocycles. The third kappa shape index (κ3) is 4.85. The SMILES string of the molecule is COc1ccc(OCC(O)CN2C(Nc3cccc(C)c3)=NC3C2C(=O)NC(=O)N3C)cc1. The standard InChI is InChI=1S/C23H27N5O5/c1-14-5-4-6-15(11-14)24-22-25-20-19(21(30)26-23(31)27(20)2)28(22)12-16(29)13-33-18-9-7-17(32-3)8-10-18/h4-11,16,19-20,29H,12-13H2,1-3H3,(H,24,25)(H,26,30,31). The number of anilines is 1. The van der Waals surface area contributed by atoms with Crippen molar-refractivity contribution in [3.8, 4) is 11.5 Å². The Hall–Kier alpha value is -3.79. The molecule has 1 fully saturated rings. The first-order valence-electron chi connectivity index (χ1n) is 10.6. The number of hydrogen-bond donors (Lipinski definition) is 3. The van der Waals surface area contributed by atoms with E-state index in [4.69, 9.17) is 9.47 Å². The summed E-state index contributed by atoms with van der Waals surface area (Å²) in [5.41, 5.74) is 1.84. The Kier molecular flexibility index (Phi) is 6.36. The van der Waals surface area contributed by atoms with E-state index in [1.54, 1.807) is 43.3 Å². The molecule has 2 aliphatic rings. The van der Waals surface area contributed by atoms with Crippen molar-refractivity contribution < 1.29 is 24.2 Å². The van der Waals surface area contributed by atoms with Crippen molar-refractivity contribution in [2.75, 3.05) is 32.6 Å². The van der Waals surface area contributed by atoms with Gasteiger partial charge >= 0.3 is 6.03 Å². The number of aliphatic hydroxyl groups is 1. The van der Waals surface area contributed by atoms with Gasteiger partial charge in [-0.05, 0) is 48.9 Å². The fourth-order valence-electron chi connectivity index (χ4n) is 3.83. The van der Waals surface area contributed by atoms with Crippen LogP contribution in [0.4, 0.5) is 10.5 Å². The van der Waals surface area contributed by atoms with E-state index in [9.17, 15) is 14.7 Å². The van der Waals surface area contributed by atoms with Gasteiger partial charge < -0.3 is 29.7 Å².